The topological polar surface area (TPSA) is 47.6 Å². The van der Waals surface area contributed by atoms with Crippen LogP contribution >= 0.6 is 15.9 Å². The molecule has 0 spiro atoms. The first kappa shape index (κ1) is 21.1. The van der Waals surface area contributed by atoms with Crippen molar-refractivity contribution < 1.29 is 14.3 Å². The van der Waals surface area contributed by atoms with Gasteiger partial charge in [0.15, 0.2) is 0 Å². The molecule has 3 aromatic rings. The Labute approximate surface area is 180 Å². The molecule has 0 fully saturated rings. The number of methoxy groups -OCH3 is 1. The SMILES string of the molecule is COC(=O)Cc1cccc(Oc2ccc(Br)cc2CNCCc2ccccc2)c1. The maximum atomic E-state index is 11.5. The van der Waals surface area contributed by atoms with Gasteiger partial charge in [0.1, 0.15) is 11.5 Å². The first-order chi connectivity index (χ1) is 14.1. The third-order valence-corrected chi connectivity index (χ3v) is 4.97. The highest BCUT2D eigenvalue weighted by molar-refractivity contribution is 9.10. The van der Waals surface area contributed by atoms with E-state index in [1.54, 1.807) is 0 Å². The number of carbonyl (C=O) groups is 1. The van der Waals surface area contributed by atoms with Gasteiger partial charge in [-0.1, -0.05) is 58.4 Å². The molecular weight excluding hydrogens is 430 g/mol. The maximum Gasteiger partial charge on any atom is 0.309 e. The van der Waals surface area contributed by atoms with Crippen LogP contribution in [0.2, 0.25) is 0 Å². The molecule has 5 heteroatoms. The van der Waals surface area contributed by atoms with Gasteiger partial charge >= 0.3 is 5.97 Å². The molecule has 3 rings (SSSR count). The van der Waals surface area contributed by atoms with E-state index in [0.29, 0.717) is 12.3 Å². The second kappa shape index (κ2) is 10.8. The summed E-state index contributed by atoms with van der Waals surface area (Å²) in [5, 5.41) is 3.49. The molecule has 0 saturated heterocycles. The van der Waals surface area contributed by atoms with E-state index in [1.165, 1.54) is 12.7 Å². The minimum Gasteiger partial charge on any atom is -0.469 e. The van der Waals surface area contributed by atoms with Crippen LogP contribution in [0.3, 0.4) is 0 Å². The van der Waals surface area contributed by atoms with Gasteiger partial charge in [-0.15, -0.1) is 0 Å². The zero-order valence-electron chi connectivity index (χ0n) is 16.4. The predicted molar refractivity (Wildman–Crippen MR) is 118 cm³/mol. The maximum absolute atomic E-state index is 11.5. The molecule has 4 nitrogen and oxygen atoms in total. The van der Waals surface area contributed by atoms with E-state index >= 15 is 0 Å². The molecule has 0 atom stereocenters. The van der Waals surface area contributed by atoms with Gasteiger partial charge in [-0.3, -0.25) is 4.79 Å². The van der Waals surface area contributed by atoms with Crippen molar-refractivity contribution in [2.75, 3.05) is 13.7 Å². The molecule has 0 aliphatic carbocycles. The Bertz CT molecular complexity index is 944. The number of carbonyl (C=O) groups excluding carboxylic acids is 1. The van der Waals surface area contributed by atoms with Crippen LogP contribution in [-0.4, -0.2) is 19.6 Å². The predicted octanol–water partition coefficient (Wildman–Crippen LogP) is 5.29. The summed E-state index contributed by atoms with van der Waals surface area (Å²) in [4.78, 5) is 11.5. The summed E-state index contributed by atoms with van der Waals surface area (Å²) in [6.07, 6.45) is 1.20. The Hall–Kier alpha value is -2.63. The van der Waals surface area contributed by atoms with Crippen molar-refractivity contribution in [2.24, 2.45) is 0 Å². The molecule has 0 amide bonds. The summed E-state index contributed by atoms with van der Waals surface area (Å²) in [6, 6.07) is 23.9. The molecule has 1 N–H and O–H groups in total. The van der Waals surface area contributed by atoms with Crippen LogP contribution in [0, 0.1) is 0 Å². The van der Waals surface area contributed by atoms with E-state index in [2.05, 4.69) is 51.6 Å². The van der Waals surface area contributed by atoms with E-state index in [0.717, 1.165) is 34.3 Å². The number of hydrogen-bond donors (Lipinski definition) is 1. The van der Waals surface area contributed by atoms with Crippen LogP contribution in [0.1, 0.15) is 16.7 Å². The molecule has 0 saturated carbocycles. The fourth-order valence-corrected chi connectivity index (χ4v) is 3.38. The van der Waals surface area contributed by atoms with Crippen molar-refractivity contribution in [3.8, 4) is 11.5 Å². The Morgan fingerprint density at radius 3 is 2.55 bits per heavy atom. The van der Waals surface area contributed by atoms with Crippen LogP contribution in [-0.2, 0) is 28.9 Å². The highest BCUT2D eigenvalue weighted by Crippen LogP contribution is 2.28. The van der Waals surface area contributed by atoms with Crippen LogP contribution in [0.4, 0.5) is 0 Å². The average molecular weight is 454 g/mol. The standard InChI is InChI=1S/C24H24BrNO3/c1-28-24(27)15-19-8-5-9-22(14-19)29-23-11-10-21(25)16-20(23)17-26-13-12-18-6-3-2-4-7-18/h2-11,14,16,26H,12-13,15,17H2,1H3. The minimum absolute atomic E-state index is 0.224. The largest absolute Gasteiger partial charge is 0.469 e. The van der Waals surface area contributed by atoms with Gasteiger partial charge in [-0.05, 0) is 54.4 Å². The highest BCUT2D eigenvalue weighted by Gasteiger charge is 2.08. The molecule has 0 heterocycles. The minimum atomic E-state index is -0.269. The molecule has 0 aliphatic heterocycles. The third kappa shape index (κ3) is 6.73. The fraction of sp³-hybridized carbons (Fsp3) is 0.208. The molecule has 0 aromatic heterocycles. The van der Waals surface area contributed by atoms with Gasteiger partial charge < -0.3 is 14.8 Å². The smallest absolute Gasteiger partial charge is 0.309 e. The molecule has 150 valence electrons. The number of hydrogen-bond acceptors (Lipinski definition) is 4. The summed E-state index contributed by atoms with van der Waals surface area (Å²) in [5.74, 6) is 1.21. The molecule has 3 aromatic carbocycles. The Morgan fingerprint density at radius 1 is 0.966 bits per heavy atom. The van der Waals surface area contributed by atoms with Crippen molar-refractivity contribution in [3.63, 3.8) is 0 Å². The summed E-state index contributed by atoms with van der Waals surface area (Å²) in [6.45, 7) is 1.58. The van der Waals surface area contributed by atoms with E-state index in [-0.39, 0.29) is 12.4 Å². The van der Waals surface area contributed by atoms with Gasteiger partial charge in [-0.25, -0.2) is 0 Å². The zero-order valence-corrected chi connectivity index (χ0v) is 17.9. The van der Waals surface area contributed by atoms with Crippen molar-refractivity contribution in [2.45, 2.75) is 19.4 Å². The van der Waals surface area contributed by atoms with Crippen LogP contribution in [0.5, 0.6) is 11.5 Å². The second-order valence-corrected chi connectivity index (χ2v) is 7.58. The summed E-state index contributed by atoms with van der Waals surface area (Å²) in [5.41, 5.74) is 3.23. The first-order valence-electron chi connectivity index (χ1n) is 9.51. The highest BCUT2D eigenvalue weighted by atomic mass is 79.9. The van der Waals surface area contributed by atoms with Gasteiger partial charge in [0.05, 0.1) is 13.5 Å². The number of benzene rings is 3. The van der Waals surface area contributed by atoms with Crippen molar-refractivity contribution in [3.05, 3.63) is 94.0 Å². The molecule has 29 heavy (non-hydrogen) atoms. The Kier molecular flexibility index (Phi) is 7.85. The number of ether oxygens (including phenoxy) is 2. The lowest BCUT2D eigenvalue weighted by molar-refractivity contribution is -0.139. The van der Waals surface area contributed by atoms with E-state index in [9.17, 15) is 4.79 Å². The molecule has 0 aliphatic rings. The molecule has 0 radical (unpaired) electrons. The number of rotatable bonds is 9. The van der Waals surface area contributed by atoms with Crippen LogP contribution < -0.4 is 10.1 Å². The first-order valence-corrected chi connectivity index (χ1v) is 10.3. The van der Waals surface area contributed by atoms with Gasteiger partial charge in [0.25, 0.3) is 0 Å². The van der Waals surface area contributed by atoms with Gasteiger partial charge in [0.2, 0.25) is 0 Å². The summed E-state index contributed by atoms with van der Waals surface area (Å²) in [7, 11) is 1.39. The zero-order chi connectivity index (χ0) is 20.5. The fourth-order valence-electron chi connectivity index (χ4n) is 2.97. The number of halogens is 1. The van der Waals surface area contributed by atoms with Crippen molar-refractivity contribution >= 4 is 21.9 Å². The van der Waals surface area contributed by atoms with Crippen LogP contribution in [0.15, 0.2) is 77.3 Å². The summed E-state index contributed by atoms with van der Waals surface area (Å²) < 4.78 is 11.9. The third-order valence-electron chi connectivity index (χ3n) is 4.47. The second-order valence-electron chi connectivity index (χ2n) is 6.67. The molecule has 0 unspecified atom stereocenters. The average Bonchev–Trinajstić information content (AvgIpc) is 2.74. The Balaban J connectivity index is 1.64. The normalized spacial score (nSPS) is 10.6. The Morgan fingerprint density at radius 2 is 1.76 bits per heavy atom. The van der Waals surface area contributed by atoms with Gasteiger partial charge in [0, 0.05) is 16.6 Å². The lowest BCUT2D eigenvalue weighted by Gasteiger charge is -2.13. The van der Waals surface area contributed by atoms with Crippen LogP contribution in [0.25, 0.3) is 0 Å². The quantitative estimate of drug-likeness (QED) is 0.353. The van der Waals surface area contributed by atoms with Crippen molar-refractivity contribution in [1.82, 2.24) is 5.32 Å². The summed E-state index contributed by atoms with van der Waals surface area (Å²) >= 11 is 3.54. The monoisotopic (exact) mass is 453 g/mol. The molecule has 0 bridgehead atoms. The lowest BCUT2D eigenvalue weighted by atomic mass is 10.1. The lowest BCUT2D eigenvalue weighted by Crippen LogP contribution is -2.17. The van der Waals surface area contributed by atoms with Gasteiger partial charge in [-0.2, -0.15) is 0 Å². The number of nitrogens with one attached hydrogen (secondary N) is 1. The van der Waals surface area contributed by atoms with E-state index in [1.807, 2.05) is 42.5 Å². The van der Waals surface area contributed by atoms with E-state index in [4.69, 9.17) is 9.47 Å². The molecular formula is C24H24BrNO3. The van der Waals surface area contributed by atoms with E-state index < -0.39 is 0 Å². The number of esters is 1. The van der Waals surface area contributed by atoms with Crippen molar-refractivity contribution in [1.29, 1.82) is 0 Å².